The van der Waals surface area contributed by atoms with Crippen LogP contribution in [0.4, 0.5) is 4.39 Å². The van der Waals surface area contributed by atoms with Gasteiger partial charge in [-0.2, -0.15) is 0 Å². The first-order valence-corrected chi connectivity index (χ1v) is 6.62. The van der Waals surface area contributed by atoms with Crippen LogP contribution >= 0.6 is 0 Å². The number of aromatic nitrogens is 2. The molecule has 7 heteroatoms. The molecular weight excluding hydrogens is 289 g/mol. The zero-order valence-electron chi connectivity index (χ0n) is 11.5. The average molecular weight is 301 g/mol. The zero-order chi connectivity index (χ0) is 15.4. The molecule has 0 unspecified atom stereocenters. The molecule has 0 atom stereocenters. The number of hydrogen-bond acceptors (Lipinski definition) is 5. The Morgan fingerprint density at radius 1 is 1.18 bits per heavy atom. The minimum Gasteiger partial charge on any atom is -0.459 e. The summed E-state index contributed by atoms with van der Waals surface area (Å²) in [5.41, 5.74) is 0.920. The Kier molecular flexibility index (Phi) is 3.95. The van der Waals surface area contributed by atoms with Gasteiger partial charge in [-0.1, -0.05) is 12.1 Å². The number of carbonyl (C=O) groups excluding carboxylic acids is 1. The molecule has 6 nitrogen and oxygen atoms in total. The maximum atomic E-state index is 12.8. The lowest BCUT2D eigenvalue weighted by atomic mass is 10.1. The van der Waals surface area contributed by atoms with Crippen molar-refractivity contribution in [3.63, 3.8) is 0 Å². The summed E-state index contributed by atoms with van der Waals surface area (Å²) in [7, 11) is 0. The van der Waals surface area contributed by atoms with Crippen LogP contribution in [0.2, 0.25) is 0 Å². The van der Waals surface area contributed by atoms with Gasteiger partial charge in [-0.25, -0.2) is 4.39 Å². The number of carbonyl (C=O) groups is 1. The molecule has 1 aromatic carbocycles. The third kappa shape index (κ3) is 3.20. The third-order valence-corrected chi connectivity index (χ3v) is 2.96. The molecule has 0 spiro atoms. The maximum Gasteiger partial charge on any atom is 0.308 e. The molecule has 2 aromatic heterocycles. The van der Waals surface area contributed by atoms with Crippen molar-refractivity contribution in [2.75, 3.05) is 6.54 Å². The van der Waals surface area contributed by atoms with Crippen LogP contribution in [0.5, 0.6) is 0 Å². The summed E-state index contributed by atoms with van der Waals surface area (Å²) in [6.45, 7) is 0.378. The average Bonchev–Trinajstić information content (AvgIpc) is 3.20. The molecule has 0 saturated heterocycles. The summed E-state index contributed by atoms with van der Waals surface area (Å²) in [5.74, 6) is -0.339. The predicted molar refractivity (Wildman–Crippen MR) is 74.4 cm³/mol. The van der Waals surface area contributed by atoms with E-state index in [1.165, 1.54) is 18.4 Å². The molecule has 3 aromatic rings. The SMILES string of the molecule is O=C(NCCc1ccc(F)cc1)c1nnc(-c2ccco2)o1. The highest BCUT2D eigenvalue weighted by Gasteiger charge is 2.16. The first-order valence-electron chi connectivity index (χ1n) is 6.62. The lowest BCUT2D eigenvalue weighted by molar-refractivity contribution is 0.0920. The van der Waals surface area contributed by atoms with Crippen LogP contribution in [-0.2, 0) is 6.42 Å². The van der Waals surface area contributed by atoms with Gasteiger partial charge >= 0.3 is 11.8 Å². The van der Waals surface area contributed by atoms with Crippen LogP contribution < -0.4 is 5.32 Å². The Bertz CT molecular complexity index is 751. The van der Waals surface area contributed by atoms with E-state index < -0.39 is 5.91 Å². The fourth-order valence-electron chi connectivity index (χ4n) is 1.86. The van der Waals surface area contributed by atoms with Crippen LogP contribution in [-0.4, -0.2) is 22.6 Å². The Morgan fingerprint density at radius 2 is 2.00 bits per heavy atom. The van der Waals surface area contributed by atoms with Crippen molar-refractivity contribution >= 4 is 5.91 Å². The lowest BCUT2D eigenvalue weighted by Crippen LogP contribution is -2.26. The van der Waals surface area contributed by atoms with Gasteiger partial charge in [0.15, 0.2) is 5.76 Å². The fraction of sp³-hybridized carbons (Fsp3) is 0.133. The van der Waals surface area contributed by atoms with Crippen molar-refractivity contribution in [3.05, 3.63) is 59.9 Å². The second-order valence-corrected chi connectivity index (χ2v) is 4.52. The van der Waals surface area contributed by atoms with Gasteiger partial charge in [-0.05, 0) is 36.2 Å². The van der Waals surface area contributed by atoms with Crippen molar-refractivity contribution in [1.29, 1.82) is 0 Å². The van der Waals surface area contributed by atoms with E-state index in [2.05, 4.69) is 15.5 Å². The second-order valence-electron chi connectivity index (χ2n) is 4.52. The molecule has 1 amide bonds. The molecule has 112 valence electrons. The van der Waals surface area contributed by atoms with Gasteiger partial charge in [0.2, 0.25) is 0 Å². The molecule has 0 saturated carbocycles. The van der Waals surface area contributed by atoms with Gasteiger partial charge < -0.3 is 14.2 Å². The number of amides is 1. The first kappa shape index (κ1) is 14.0. The van der Waals surface area contributed by atoms with Crippen LogP contribution in [0.25, 0.3) is 11.7 Å². The molecule has 0 fully saturated rings. The molecular formula is C15H12FN3O3. The summed E-state index contributed by atoms with van der Waals surface area (Å²) in [6, 6.07) is 9.44. The highest BCUT2D eigenvalue weighted by atomic mass is 19.1. The topological polar surface area (TPSA) is 81.2 Å². The fourth-order valence-corrected chi connectivity index (χ4v) is 1.86. The van der Waals surface area contributed by atoms with E-state index in [1.807, 2.05) is 0 Å². The third-order valence-electron chi connectivity index (χ3n) is 2.96. The van der Waals surface area contributed by atoms with Crippen LogP contribution in [0, 0.1) is 5.82 Å². The molecule has 3 rings (SSSR count). The largest absolute Gasteiger partial charge is 0.459 e. The summed E-state index contributed by atoms with van der Waals surface area (Å²) < 4.78 is 23.1. The first-order chi connectivity index (χ1) is 10.7. The molecule has 0 bridgehead atoms. The van der Waals surface area contributed by atoms with E-state index in [4.69, 9.17) is 8.83 Å². The zero-order valence-corrected chi connectivity index (χ0v) is 11.5. The molecule has 0 aliphatic heterocycles. The summed E-state index contributed by atoms with van der Waals surface area (Å²) in [5, 5.41) is 10.1. The minimum absolute atomic E-state index is 0.134. The summed E-state index contributed by atoms with van der Waals surface area (Å²) in [4.78, 5) is 11.9. The standard InChI is InChI=1S/C15H12FN3O3/c16-11-5-3-10(4-6-11)7-8-17-13(20)15-19-18-14(22-15)12-2-1-9-21-12/h1-6,9H,7-8H2,(H,17,20). The Morgan fingerprint density at radius 3 is 2.73 bits per heavy atom. The van der Waals surface area contributed by atoms with E-state index in [-0.39, 0.29) is 17.6 Å². The number of halogens is 1. The van der Waals surface area contributed by atoms with Crippen molar-refractivity contribution in [3.8, 4) is 11.7 Å². The van der Waals surface area contributed by atoms with E-state index in [0.717, 1.165) is 5.56 Å². The van der Waals surface area contributed by atoms with Crippen molar-refractivity contribution in [2.24, 2.45) is 0 Å². The number of furan rings is 1. The summed E-state index contributed by atoms with van der Waals surface area (Å²) in [6.07, 6.45) is 2.05. The van der Waals surface area contributed by atoms with Crippen molar-refractivity contribution in [1.82, 2.24) is 15.5 Å². The number of rotatable bonds is 5. The van der Waals surface area contributed by atoms with Crippen molar-refractivity contribution in [2.45, 2.75) is 6.42 Å². The Labute approximate surface area is 125 Å². The highest BCUT2D eigenvalue weighted by Crippen LogP contribution is 2.17. The van der Waals surface area contributed by atoms with Gasteiger partial charge in [-0.15, -0.1) is 10.2 Å². The van der Waals surface area contributed by atoms with Crippen LogP contribution in [0.15, 0.2) is 51.5 Å². The number of nitrogens with zero attached hydrogens (tertiary/aromatic N) is 2. The van der Waals surface area contributed by atoms with Gasteiger partial charge in [0.05, 0.1) is 6.26 Å². The normalized spacial score (nSPS) is 10.6. The highest BCUT2D eigenvalue weighted by molar-refractivity contribution is 5.89. The van der Waals surface area contributed by atoms with Gasteiger partial charge in [0.25, 0.3) is 5.89 Å². The van der Waals surface area contributed by atoms with E-state index in [9.17, 15) is 9.18 Å². The molecule has 0 aliphatic carbocycles. The van der Waals surface area contributed by atoms with Crippen LogP contribution in [0.3, 0.4) is 0 Å². The van der Waals surface area contributed by atoms with Crippen molar-refractivity contribution < 1.29 is 18.0 Å². The molecule has 0 radical (unpaired) electrons. The lowest BCUT2D eigenvalue weighted by Gasteiger charge is -2.02. The number of nitrogens with one attached hydrogen (secondary N) is 1. The molecule has 2 heterocycles. The van der Waals surface area contributed by atoms with Gasteiger partial charge in [0, 0.05) is 6.54 Å². The predicted octanol–water partition coefficient (Wildman–Crippen LogP) is 2.44. The van der Waals surface area contributed by atoms with E-state index in [0.29, 0.717) is 18.7 Å². The quantitative estimate of drug-likeness (QED) is 0.782. The maximum absolute atomic E-state index is 12.8. The van der Waals surface area contributed by atoms with E-state index >= 15 is 0 Å². The number of hydrogen-bond donors (Lipinski definition) is 1. The molecule has 0 aliphatic rings. The smallest absolute Gasteiger partial charge is 0.308 e. The van der Waals surface area contributed by atoms with Gasteiger partial charge in [-0.3, -0.25) is 4.79 Å². The minimum atomic E-state index is -0.465. The Balaban J connectivity index is 1.55. The monoisotopic (exact) mass is 301 g/mol. The molecule has 1 N–H and O–H groups in total. The summed E-state index contributed by atoms with van der Waals surface area (Å²) >= 11 is 0. The molecule has 22 heavy (non-hydrogen) atoms. The van der Waals surface area contributed by atoms with Gasteiger partial charge in [0.1, 0.15) is 5.82 Å². The number of benzene rings is 1. The second kappa shape index (κ2) is 6.21. The Hall–Kier alpha value is -2.96. The van der Waals surface area contributed by atoms with E-state index in [1.54, 1.807) is 24.3 Å². The van der Waals surface area contributed by atoms with Crippen LogP contribution in [0.1, 0.15) is 16.2 Å².